The number of hydrogen-bond donors (Lipinski definition) is 2. The van der Waals surface area contributed by atoms with E-state index in [4.69, 9.17) is 4.74 Å². The molecule has 1 unspecified atom stereocenters. The molecule has 0 saturated heterocycles. The van der Waals surface area contributed by atoms with Crippen LogP contribution in [-0.4, -0.2) is 45.3 Å². The highest BCUT2D eigenvalue weighted by atomic mass is 79.9. The molecular weight excluding hydrogens is 476 g/mol. The number of alkyl carbamates (subject to hydrolysis) is 1. The fourth-order valence-electron chi connectivity index (χ4n) is 4.74. The fraction of sp³-hybridized carbons (Fsp3) is 0.304. The number of hydrogen-bond acceptors (Lipinski definition) is 5. The highest BCUT2D eigenvalue weighted by Gasteiger charge is 2.44. The van der Waals surface area contributed by atoms with Crippen LogP contribution in [0.4, 0.5) is 4.79 Å². The first-order chi connectivity index (χ1) is 15.4. The molecule has 2 N–H and O–H groups in total. The molecule has 1 aliphatic heterocycles. The largest absolute Gasteiger partial charge is 0.453 e. The van der Waals surface area contributed by atoms with Gasteiger partial charge in [0, 0.05) is 47.2 Å². The minimum atomic E-state index is -0.650. The van der Waals surface area contributed by atoms with E-state index < -0.39 is 18.1 Å². The summed E-state index contributed by atoms with van der Waals surface area (Å²) in [5.74, 6) is -0.158. The standard InChI is InChI=1S/C23H21BrN4O4/c1-32-23(31)27-16-9-18(29)15-6-7-28-11-13(8-19(30)20(16)21(15)28)22-25-10-17(26-22)12-2-4-14(24)5-3-12/h2-7,10,13,16,20H,8-9,11H2,1H3,(H,25,26)(H,27,31)/t13-,16-,20?/m0/s1. The molecule has 2 aromatic heterocycles. The number of aromatic nitrogens is 3. The number of ether oxygens (including phenoxy) is 1. The summed E-state index contributed by atoms with van der Waals surface area (Å²) in [6, 6.07) is 9.04. The topological polar surface area (TPSA) is 106 Å². The predicted molar refractivity (Wildman–Crippen MR) is 120 cm³/mol. The van der Waals surface area contributed by atoms with Gasteiger partial charge in [0.05, 0.1) is 31.0 Å². The smallest absolute Gasteiger partial charge is 0.407 e. The Balaban J connectivity index is 1.48. The second-order valence-electron chi connectivity index (χ2n) is 8.17. The number of halogens is 1. The molecule has 2 aliphatic rings. The van der Waals surface area contributed by atoms with Gasteiger partial charge >= 0.3 is 6.09 Å². The quantitative estimate of drug-likeness (QED) is 0.573. The number of benzene rings is 1. The molecule has 164 valence electrons. The first-order valence-electron chi connectivity index (χ1n) is 10.3. The molecule has 32 heavy (non-hydrogen) atoms. The number of Topliss-reactive ketones (excluding diaryl/α,β-unsaturated/α-hetero) is 2. The molecule has 0 spiro atoms. The van der Waals surface area contributed by atoms with Gasteiger partial charge in [0.2, 0.25) is 0 Å². The van der Waals surface area contributed by atoms with E-state index in [9.17, 15) is 14.4 Å². The van der Waals surface area contributed by atoms with E-state index in [0.29, 0.717) is 17.8 Å². The Hall–Kier alpha value is -3.20. The molecule has 9 heteroatoms. The first-order valence-corrected chi connectivity index (χ1v) is 11.1. The summed E-state index contributed by atoms with van der Waals surface area (Å²) in [5, 5.41) is 2.69. The Morgan fingerprint density at radius 2 is 2.00 bits per heavy atom. The maximum absolute atomic E-state index is 13.4. The fourth-order valence-corrected chi connectivity index (χ4v) is 5.01. The van der Waals surface area contributed by atoms with Crippen molar-refractivity contribution in [3.63, 3.8) is 0 Å². The zero-order valence-corrected chi connectivity index (χ0v) is 18.9. The molecule has 1 aliphatic carbocycles. The van der Waals surface area contributed by atoms with E-state index in [1.807, 2.05) is 35.0 Å². The van der Waals surface area contributed by atoms with E-state index in [0.717, 1.165) is 21.6 Å². The number of carbonyl (C=O) groups excluding carboxylic acids is 3. The van der Waals surface area contributed by atoms with Crippen molar-refractivity contribution in [1.82, 2.24) is 19.9 Å². The number of H-pyrrole nitrogens is 1. The molecule has 0 fully saturated rings. The number of methoxy groups -OCH3 is 1. The van der Waals surface area contributed by atoms with Crippen LogP contribution in [0.5, 0.6) is 0 Å². The lowest BCUT2D eigenvalue weighted by Crippen LogP contribution is -2.46. The molecule has 0 bridgehead atoms. The number of ketones is 2. The highest BCUT2D eigenvalue weighted by molar-refractivity contribution is 9.10. The Bertz CT molecular complexity index is 1210. The van der Waals surface area contributed by atoms with Gasteiger partial charge in [-0.2, -0.15) is 0 Å². The van der Waals surface area contributed by atoms with Crippen molar-refractivity contribution < 1.29 is 19.1 Å². The van der Waals surface area contributed by atoms with Gasteiger partial charge in [-0.15, -0.1) is 0 Å². The van der Waals surface area contributed by atoms with Crippen LogP contribution < -0.4 is 5.32 Å². The Morgan fingerprint density at radius 1 is 1.22 bits per heavy atom. The van der Waals surface area contributed by atoms with E-state index in [-0.39, 0.29) is 30.3 Å². The molecule has 5 rings (SSSR count). The number of amides is 1. The number of nitrogens with one attached hydrogen (secondary N) is 2. The molecule has 3 atom stereocenters. The van der Waals surface area contributed by atoms with Gasteiger partial charge in [0.15, 0.2) is 5.78 Å². The van der Waals surface area contributed by atoms with Crippen LogP contribution in [0.15, 0.2) is 47.2 Å². The first kappa shape index (κ1) is 20.7. The average Bonchev–Trinajstić information content (AvgIpc) is 3.39. The Kier molecular flexibility index (Phi) is 5.21. The third kappa shape index (κ3) is 3.56. The molecule has 1 amide bonds. The van der Waals surface area contributed by atoms with Gasteiger partial charge in [0.25, 0.3) is 0 Å². The summed E-state index contributed by atoms with van der Waals surface area (Å²) < 4.78 is 7.66. The van der Waals surface area contributed by atoms with Crippen molar-refractivity contribution in [2.24, 2.45) is 0 Å². The number of aromatic amines is 1. The van der Waals surface area contributed by atoms with Gasteiger partial charge in [-0.3, -0.25) is 9.59 Å². The second kappa shape index (κ2) is 8.05. The van der Waals surface area contributed by atoms with Crippen LogP contribution in [0.25, 0.3) is 11.3 Å². The van der Waals surface area contributed by atoms with Gasteiger partial charge < -0.3 is 19.6 Å². The highest BCUT2D eigenvalue weighted by Crippen LogP contribution is 2.40. The summed E-state index contributed by atoms with van der Waals surface area (Å²) in [6.45, 7) is 0.517. The normalized spacial score (nSPS) is 22.2. The van der Waals surface area contributed by atoms with Crippen LogP contribution >= 0.6 is 15.9 Å². The third-order valence-corrected chi connectivity index (χ3v) is 6.78. The average molecular weight is 497 g/mol. The van der Waals surface area contributed by atoms with Crippen LogP contribution in [0.3, 0.4) is 0 Å². The lowest BCUT2D eigenvalue weighted by molar-refractivity contribution is -0.121. The van der Waals surface area contributed by atoms with Crippen molar-refractivity contribution in [2.45, 2.75) is 37.3 Å². The van der Waals surface area contributed by atoms with E-state index >= 15 is 0 Å². The molecular formula is C23H21BrN4O4. The zero-order chi connectivity index (χ0) is 22.4. The van der Waals surface area contributed by atoms with Crippen molar-refractivity contribution in [3.05, 3.63) is 64.3 Å². The minimum absolute atomic E-state index is 0.0239. The maximum Gasteiger partial charge on any atom is 0.407 e. The zero-order valence-electron chi connectivity index (χ0n) is 17.3. The summed E-state index contributed by atoms with van der Waals surface area (Å²) in [4.78, 5) is 45.9. The summed E-state index contributed by atoms with van der Waals surface area (Å²) in [7, 11) is 1.26. The summed E-state index contributed by atoms with van der Waals surface area (Å²) >= 11 is 3.44. The Labute approximate surface area is 192 Å². The number of imidazole rings is 1. The number of carbonyl (C=O) groups is 3. The molecule has 3 heterocycles. The van der Waals surface area contributed by atoms with Crippen molar-refractivity contribution in [2.75, 3.05) is 7.11 Å². The third-order valence-electron chi connectivity index (χ3n) is 6.25. The van der Waals surface area contributed by atoms with Crippen molar-refractivity contribution in [1.29, 1.82) is 0 Å². The molecule has 0 saturated carbocycles. The SMILES string of the molecule is COC(=O)N[C@H]1CC(=O)c2ccn3c2C1C(=O)C[C@H](c1ncc(-c2ccc(Br)cc2)[nH]1)C3. The van der Waals surface area contributed by atoms with Crippen LogP contribution in [-0.2, 0) is 16.1 Å². The van der Waals surface area contributed by atoms with Gasteiger partial charge in [0.1, 0.15) is 11.6 Å². The molecule has 3 aromatic rings. The summed E-state index contributed by atoms with van der Waals surface area (Å²) in [6.07, 6.45) is 3.30. The van der Waals surface area contributed by atoms with Crippen LogP contribution in [0.1, 0.15) is 46.6 Å². The predicted octanol–water partition coefficient (Wildman–Crippen LogP) is 3.79. The van der Waals surface area contributed by atoms with Gasteiger partial charge in [-0.25, -0.2) is 9.78 Å². The van der Waals surface area contributed by atoms with E-state index in [1.165, 1.54) is 7.11 Å². The van der Waals surface area contributed by atoms with Gasteiger partial charge in [-0.05, 0) is 23.8 Å². The maximum atomic E-state index is 13.4. The lowest BCUT2D eigenvalue weighted by Gasteiger charge is -2.30. The van der Waals surface area contributed by atoms with Crippen LogP contribution in [0.2, 0.25) is 0 Å². The summed E-state index contributed by atoms with van der Waals surface area (Å²) in [5.41, 5.74) is 3.11. The van der Waals surface area contributed by atoms with Crippen LogP contribution in [0, 0.1) is 0 Å². The van der Waals surface area contributed by atoms with E-state index in [2.05, 4.69) is 31.2 Å². The number of rotatable bonds is 3. The lowest BCUT2D eigenvalue weighted by atomic mass is 9.79. The molecule has 0 radical (unpaired) electrons. The van der Waals surface area contributed by atoms with Crippen molar-refractivity contribution >= 4 is 33.6 Å². The van der Waals surface area contributed by atoms with Gasteiger partial charge in [-0.1, -0.05) is 28.1 Å². The van der Waals surface area contributed by atoms with Crippen molar-refractivity contribution in [3.8, 4) is 11.3 Å². The number of nitrogens with zero attached hydrogens (tertiary/aromatic N) is 2. The molecule has 8 nitrogen and oxygen atoms in total. The molecule has 1 aromatic carbocycles. The second-order valence-corrected chi connectivity index (χ2v) is 9.09. The van der Waals surface area contributed by atoms with E-state index in [1.54, 1.807) is 12.3 Å². The minimum Gasteiger partial charge on any atom is -0.453 e. The monoisotopic (exact) mass is 496 g/mol. The Morgan fingerprint density at radius 3 is 2.75 bits per heavy atom.